The molecule has 0 N–H and O–H groups in total. The SMILES string of the molecule is CC(C)(C(=O)CCC1(CN2CCCC2)CC1)c1cccc(C(F)(F)F)c1. The number of likely N-dealkylation sites (tertiary alicyclic amines) is 1. The molecule has 0 bridgehead atoms. The van der Waals surface area contributed by atoms with Gasteiger partial charge in [-0.05, 0) is 76.1 Å². The van der Waals surface area contributed by atoms with Gasteiger partial charge in [0.1, 0.15) is 5.78 Å². The van der Waals surface area contributed by atoms with Crippen LogP contribution in [-0.4, -0.2) is 30.3 Å². The van der Waals surface area contributed by atoms with Crippen LogP contribution in [0.4, 0.5) is 13.2 Å². The molecule has 0 radical (unpaired) electrons. The van der Waals surface area contributed by atoms with E-state index in [1.165, 1.54) is 31.7 Å². The Morgan fingerprint density at radius 2 is 1.73 bits per heavy atom. The van der Waals surface area contributed by atoms with E-state index in [4.69, 9.17) is 0 Å². The van der Waals surface area contributed by atoms with Gasteiger partial charge in [-0.3, -0.25) is 4.79 Å². The van der Waals surface area contributed by atoms with Gasteiger partial charge in [0.25, 0.3) is 0 Å². The molecule has 1 aromatic carbocycles. The summed E-state index contributed by atoms with van der Waals surface area (Å²) in [6, 6.07) is 5.20. The first-order chi connectivity index (χ1) is 12.1. The van der Waals surface area contributed by atoms with Crippen molar-refractivity contribution in [2.75, 3.05) is 19.6 Å². The lowest BCUT2D eigenvalue weighted by Gasteiger charge is -2.27. The van der Waals surface area contributed by atoms with Crippen molar-refractivity contribution in [1.82, 2.24) is 4.90 Å². The van der Waals surface area contributed by atoms with Gasteiger partial charge in [0.2, 0.25) is 0 Å². The second kappa shape index (κ2) is 6.99. The molecule has 1 aliphatic carbocycles. The largest absolute Gasteiger partial charge is 0.416 e. The fourth-order valence-electron chi connectivity index (χ4n) is 4.02. The maximum Gasteiger partial charge on any atom is 0.416 e. The Kier molecular flexibility index (Phi) is 5.22. The first-order valence-electron chi connectivity index (χ1n) is 9.56. The molecule has 144 valence electrons. The summed E-state index contributed by atoms with van der Waals surface area (Å²) >= 11 is 0. The minimum absolute atomic E-state index is 0.0320. The third kappa shape index (κ3) is 4.30. The van der Waals surface area contributed by atoms with Gasteiger partial charge >= 0.3 is 6.18 Å². The van der Waals surface area contributed by atoms with Crippen LogP contribution in [0.5, 0.6) is 0 Å². The number of hydrogen-bond donors (Lipinski definition) is 0. The molecule has 1 saturated heterocycles. The van der Waals surface area contributed by atoms with Gasteiger partial charge in [-0.1, -0.05) is 18.2 Å². The number of ketones is 1. The number of hydrogen-bond acceptors (Lipinski definition) is 2. The molecule has 5 heteroatoms. The number of alkyl halides is 3. The molecule has 0 aromatic heterocycles. The molecule has 0 atom stereocenters. The van der Waals surface area contributed by atoms with Crippen LogP contribution >= 0.6 is 0 Å². The molecular weight excluding hydrogens is 339 g/mol. The predicted molar refractivity (Wildman–Crippen MR) is 96.1 cm³/mol. The number of rotatable bonds is 7. The van der Waals surface area contributed by atoms with Gasteiger partial charge in [-0.2, -0.15) is 13.2 Å². The normalized spacial score (nSPS) is 20.3. The summed E-state index contributed by atoms with van der Waals surface area (Å²) in [6.07, 6.45) is 1.77. The number of carbonyl (C=O) groups is 1. The van der Waals surface area contributed by atoms with Crippen LogP contribution in [0.3, 0.4) is 0 Å². The van der Waals surface area contributed by atoms with E-state index in [0.717, 1.165) is 38.2 Å². The van der Waals surface area contributed by atoms with E-state index >= 15 is 0 Å². The van der Waals surface area contributed by atoms with E-state index < -0.39 is 17.2 Å². The van der Waals surface area contributed by atoms with E-state index in [1.54, 1.807) is 19.9 Å². The summed E-state index contributed by atoms with van der Waals surface area (Å²) in [5, 5.41) is 0. The number of carbonyl (C=O) groups excluding carboxylic acids is 1. The van der Waals surface area contributed by atoms with Crippen LogP contribution in [0.25, 0.3) is 0 Å². The Hall–Kier alpha value is -1.36. The summed E-state index contributed by atoms with van der Waals surface area (Å²) < 4.78 is 38.9. The standard InChI is InChI=1S/C21H28F3NO/c1-19(2,16-6-5-7-17(14-16)21(22,23)24)18(26)8-9-20(10-11-20)15-25-12-3-4-13-25/h5-7,14H,3-4,8-13,15H2,1-2H3. The lowest BCUT2D eigenvalue weighted by molar-refractivity contribution is -0.137. The second-order valence-electron chi connectivity index (χ2n) is 8.61. The summed E-state index contributed by atoms with van der Waals surface area (Å²) in [5.74, 6) is 0.0320. The van der Waals surface area contributed by atoms with E-state index in [-0.39, 0.29) is 11.2 Å². The maximum absolute atomic E-state index is 13.0. The Bertz CT molecular complexity index is 655. The number of Topliss-reactive ketones (excluding diaryl/α,β-unsaturated/α-hetero) is 1. The van der Waals surface area contributed by atoms with Gasteiger partial charge < -0.3 is 4.90 Å². The van der Waals surface area contributed by atoms with Crippen LogP contribution in [0, 0.1) is 5.41 Å². The van der Waals surface area contributed by atoms with Crippen molar-refractivity contribution in [3.05, 3.63) is 35.4 Å². The van der Waals surface area contributed by atoms with E-state index in [1.807, 2.05) is 0 Å². The van der Waals surface area contributed by atoms with Crippen molar-refractivity contribution in [3.8, 4) is 0 Å². The average molecular weight is 367 g/mol. The van der Waals surface area contributed by atoms with Crippen molar-refractivity contribution < 1.29 is 18.0 Å². The minimum Gasteiger partial charge on any atom is -0.303 e. The molecular formula is C21H28F3NO. The van der Waals surface area contributed by atoms with Crippen LogP contribution in [-0.2, 0) is 16.4 Å². The van der Waals surface area contributed by atoms with Crippen molar-refractivity contribution in [3.63, 3.8) is 0 Å². The fourth-order valence-corrected chi connectivity index (χ4v) is 4.02. The van der Waals surface area contributed by atoms with E-state index in [0.29, 0.717) is 12.0 Å². The molecule has 0 amide bonds. The fraction of sp³-hybridized carbons (Fsp3) is 0.667. The molecule has 2 aliphatic rings. The predicted octanol–water partition coefficient (Wildman–Crippen LogP) is 5.21. The summed E-state index contributed by atoms with van der Waals surface area (Å²) in [5.41, 5.74) is -0.875. The maximum atomic E-state index is 13.0. The van der Waals surface area contributed by atoms with Crippen molar-refractivity contribution >= 4 is 5.78 Å². The third-order valence-corrected chi connectivity index (χ3v) is 6.21. The monoisotopic (exact) mass is 367 g/mol. The van der Waals surface area contributed by atoms with Crippen molar-refractivity contribution in [2.24, 2.45) is 5.41 Å². The van der Waals surface area contributed by atoms with Crippen LogP contribution in [0.2, 0.25) is 0 Å². The lowest BCUT2D eigenvalue weighted by Crippen LogP contribution is -2.32. The first-order valence-corrected chi connectivity index (χ1v) is 9.56. The van der Waals surface area contributed by atoms with Gasteiger partial charge in [0.15, 0.2) is 0 Å². The highest BCUT2D eigenvalue weighted by Gasteiger charge is 2.45. The first kappa shape index (κ1) is 19.4. The highest BCUT2D eigenvalue weighted by atomic mass is 19.4. The number of nitrogens with zero attached hydrogens (tertiary/aromatic N) is 1. The highest BCUT2D eigenvalue weighted by molar-refractivity contribution is 5.89. The second-order valence-corrected chi connectivity index (χ2v) is 8.61. The number of benzene rings is 1. The molecule has 1 saturated carbocycles. The van der Waals surface area contributed by atoms with E-state index in [2.05, 4.69) is 4.90 Å². The molecule has 26 heavy (non-hydrogen) atoms. The smallest absolute Gasteiger partial charge is 0.303 e. The zero-order chi connectivity index (χ0) is 19.0. The van der Waals surface area contributed by atoms with Gasteiger partial charge in [0, 0.05) is 18.4 Å². The molecule has 1 aliphatic heterocycles. The van der Waals surface area contributed by atoms with Gasteiger partial charge in [-0.25, -0.2) is 0 Å². The Morgan fingerprint density at radius 3 is 2.31 bits per heavy atom. The Balaban J connectivity index is 1.63. The Labute approximate surface area is 153 Å². The number of halogens is 3. The van der Waals surface area contributed by atoms with Crippen molar-refractivity contribution in [1.29, 1.82) is 0 Å². The molecule has 0 unspecified atom stereocenters. The average Bonchev–Trinajstić information content (AvgIpc) is 3.15. The van der Waals surface area contributed by atoms with Gasteiger partial charge in [0.05, 0.1) is 5.56 Å². The van der Waals surface area contributed by atoms with Crippen LogP contribution in [0.1, 0.15) is 63.5 Å². The quantitative estimate of drug-likeness (QED) is 0.659. The third-order valence-electron chi connectivity index (χ3n) is 6.21. The molecule has 0 spiro atoms. The summed E-state index contributed by atoms with van der Waals surface area (Å²) in [4.78, 5) is 15.3. The van der Waals surface area contributed by atoms with E-state index in [9.17, 15) is 18.0 Å². The highest BCUT2D eigenvalue weighted by Crippen LogP contribution is 2.51. The lowest BCUT2D eigenvalue weighted by atomic mass is 9.77. The molecule has 3 rings (SSSR count). The topological polar surface area (TPSA) is 20.3 Å². The minimum atomic E-state index is -4.39. The summed E-state index contributed by atoms with van der Waals surface area (Å²) in [7, 11) is 0. The van der Waals surface area contributed by atoms with Crippen molar-refractivity contribution in [2.45, 2.75) is 64.0 Å². The Morgan fingerprint density at radius 1 is 1.12 bits per heavy atom. The molecule has 2 nitrogen and oxygen atoms in total. The van der Waals surface area contributed by atoms with Crippen LogP contribution in [0.15, 0.2) is 24.3 Å². The molecule has 2 fully saturated rings. The molecule has 1 aromatic rings. The zero-order valence-corrected chi connectivity index (χ0v) is 15.7. The van der Waals surface area contributed by atoms with Gasteiger partial charge in [-0.15, -0.1) is 0 Å². The summed E-state index contributed by atoms with van der Waals surface area (Å²) in [6.45, 7) is 6.87. The van der Waals surface area contributed by atoms with Crippen LogP contribution < -0.4 is 0 Å². The molecule has 1 heterocycles. The zero-order valence-electron chi connectivity index (χ0n) is 15.7.